The van der Waals surface area contributed by atoms with Gasteiger partial charge in [-0.25, -0.2) is 0 Å². The van der Waals surface area contributed by atoms with E-state index in [-0.39, 0.29) is 5.78 Å². The monoisotopic (exact) mass is 337 g/mol. The fourth-order valence-corrected chi connectivity index (χ4v) is 3.37. The van der Waals surface area contributed by atoms with Gasteiger partial charge < -0.3 is 0 Å². The van der Waals surface area contributed by atoms with Crippen LogP contribution in [-0.2, 0) is 0 Å². The van der Waals surface area contributed by atoms with Crippen molar-refractivity contribution >= 4 is 17.5 Å². The highest BCUT2D eigenvalue weighted by Gasteiger charge is 2.14. The maximum atomic E-state index is 12.5. The van der Waals surface area contributed by atoms with E-state index in [0.717, 1.165) is 33.1 Å². The second-order valence-electron chi connectivity index (χ2n) is 5.80. The third kappa shape index (κ3) is 3.41. The minimum Gasteiger partial charge on any atom is -0.293 e. The first-order valence-corrected chi connectivity index (χ1v) is 8.74. The number of hydrogen-bond donors (Lipinski definition) is 0. The number of ketones is 1. The smallest absolute Gasteiger partial charge is 0.196 e. The molecule has 2 aromatic carbocycles. The lowest BCUT2D eigenvalue weighted by Crippen LogP contribution is -2.06. The van der Waals surface area contributed by atoms with Crippen LogP contribution >= 0.6 is 11.8 Å². The van der Waals surface area contributed by atoms with Gasteiger partial charge in [-0.1, -0.05) is 47.7 Å². The van der Waals surface area contributed by atoms with Crippen molar-refractivity contribution in [2.75, 3.05) is 5.75 Å². The predicted octanol–water partition coefficient (Wildman–Crippen LogP) is 4.17. The van der Waals surface area contributed by atoms with Gasteiger partial charge in [-0.2, -0.15) is 0 Å². The number of carbonyl (C=O) groups excluding carboxylic acids is 1. The van der Waals surface area contributed by atoms with Gasteiger partial charge in [0.25, 0.3) is 0 Å². The quantitative estimate of drug-likeness (QED) is 0.518. The largest absolute Gasteiger partial charge is 0.293 e. The number of rotatable bonds is 5. The molecule has 1 heterocycles. The topological polar surface area (TPSA) is 47.8 Å². The van der Waals surface area contributed by atoms with E-state index in [1.54, 1.807) is 6.33 Å². The third-order valence-electron chi connectivity index (χ3n) is 3.92. The number of benzene rings is 2. The van der Waals surface area contributed by atoms with Gasteiger partial charge in [0.15, 0.2) is 10.9 Å². The van der Waals surface area contributed by atoms with Crippen molar-refractivity contribution in [2.24, 2.45) is 0 Å². The predicted molar refractivity (Wildman–Crippen MR) is 97.1 cm³/mol. The number of hydrogen-bond acceptors (Lipinski definition) is 4. The molecule has 24 heavy (non-hydrogen) atoms. The summed E-state index contributed by atoms with van der Waals surface area (Å²) in [6.07, 6.45) is 1.69. The van der Waals surface area contributed by atoms with Crippen molar-refractivity contribution in [3.05, 3.63) is 71.0 Å². The van der Waals surface area contributed by atoms with E-state index in [9.17, 15) is 4.79 Å². The maximum Gasteiger partial charge on any atom is 0.196 e. The standard InChI is InChI=1S/C19H19N3OS/c1-13-8-9-14(2)16(10-13)18(23)11-24-19-21-20-12-22(19)17-7-5-4-6-15(17)3/h4-10,12H,11H2,1-3H3. The number of Topliss-reactive ketones (excluding diaryl/α,β-unsaturated/α-hetero) is 1. The number of aromatic nitrogens is 3. The molecule has 0 atom stereocenters. The second kappa shape index (κ2) is 7.01. The van der Waals surface area contributed by atoms with Crippen LogP contribution in [0.1, 0.15) is 27.0 Å². The fourth-order valence-electron chi connectivity index (χ4n) is 2.57. The summed E-state index contributed by atoms with van der Waals surface area (Å²) >= 11 is 1.41. The van der Waals surface area contributed by atoms with Gasteiger partial charge >= 0.3 is 0 Å². The third-order valence-corrected chi connectivity index (χ3v) is 4.86. The lowest BCUT2D eigenvalue weighted by molar-refractivity contribution is 0.102. The van der Waals surface area contributed by atoms with Gasteiger partial charge in [0, 0.05) is 5.56 Å². The van der Waals surface area contributed by atoms with Crippen LogP contribution in [0.5, 0.6) is 0 Å². The van der Waals surface area contributed by atoms with Crippen LogP contribution in [-0.4, -0.2) is 26.3 Å². The van der Waals surface area contributed by atoms with E-state index < -0.39 is 0 Å². The van der Waals surface area contributed by atoms with E-state index in [0.29, 0.717) is 5.75 Å². The molecule has 3 aromatic rings. The van der Waals surface area contributed by atoms with Gasteiger partial charge in [-0.3, -0.25) is 9.36 Å². The molecule has 0 radical (unpaired) electrons. The zero-order chi connectivity index (χ0) is 17.1. The highest BCUT2D eigenvalue weighted by molar-refractivity contribution is 7.99. The van der Waals surface area contributed by atoms with Crippen molar-refractivity contribution in [2.45, 2.75) is 25.9 Å². The molecule has 0 aliphatic rings. The van der Waals surface area contributed by atoms with Gasteiger partial charge in [0.1, 0.15) is 6.33 Å². The first-order valence-electron chi connectivity index (χ1n) is 7.75. The first-order chi connectivity index (χ1) is 11.6. The molecule has 5 heteroatoms. The van der Waals surface area contributed by atoms with Crippen molar-refractivity contribution in [1.82, 2.24) is 14.8 Å². The summed E-state index contributed by atoms with van der Waals surface area (Å²) in [7, 11) is 0. The van der Waals surface area contributed by atoms with Crippen molar-refractivity contribution < 1.29 is 4.79 Å². The highest BCUT2D eigenvalue weighted by Crippen LogP contribution is 2.23. The maximum absolute atomic E-state index is 12.5. The summed E-state index contributed by atoms with van der Waals surface area (Å²) in [5, 5.41) is 8.89. The molecule has 0 amide bonds. The SMILES string of the molecule is Cc1ccc(C)c(C(=O)CSc2nncn2-c2ccccc2C)c1. The molecular weight excluding hydrogens is 318 g/mol. The second-order valence-corrected chi connectivity index (χ2v) is 6.74. The molecule has 0 fully saturated rings. The molecular formula is C19H19N3OS. The average molecular weight is 337 g/mol. The highest BCUT2D eigenvalue weighted by atomic mass is 32.2. The molecule has 0 N–H and O–H groups in total. The minimum atomic E-state index is 0.112. The molecule has 0 bridgehead atoms. The van der Waals surface area contributed by atoms with Gasteiger partial charge in [0.05, 0.1) is 11.4 Å². The van der Waals surface area contributed by atoms with Crippen molar-refractivity contribution in [3.8, 4) is 5.69 Å². The van der Waals surface area contributed by atoms with E-state index in [1.165, 1.54) is 11.8 Å². The Balaban J connectivity index is 1.79. The molecule has 0 saturated heterocycles. The van der Waals surface area contributed by atoms with E-state index >= 15 is 0 Å². The van der Waals surface area contributed by atoms with Crippen LogP contribution in [0, 0.1) is 20.8 Å². The Morgan fingerprint density at radius 3 is 2.67 bits per heavy atom. The number of thioether (sulfide) groups is 1. The minimum absolute atomic E-state index is 0.112. The Bertz CT molecular complexity index is 886. The lowest BCUT2D eigenvalue weighted by Gasteiger charge is -2.09. The molecule has 0 unspecified atom stereocenters. The zero-order valence-electron chi connectivity index (χ0n) is 14.0. The first kappa shape index (κ1) is 16.5. The Hall–Kier alpha value is -2.40. The fraction of sp³-hybridized carbons (Fsp3) is 0.211. The van der Waals surface area contributed by atoms with Crippen molar-refractivity contribution in [1.29, 1.82) is 0 Å². The summed E-state index contributed by atoms with van der Waals surface area (Å²) in [6.45, 7) is 6.01. The number of aryl methyl sites for hydroxylation is 3. The van der Waals surface area contributed by atoms with E-state index in [4.69, 9.17) is 0 Å². The van der Waals surface area contributed by atoms with Gasteiger partial charge in [0.2, 0.25) is 0 Å². The Morgan fingerprint density at radius 1 is 1.08 bits per heavy atom. The molecule has 0 saturated carbocycles. The number of para-hydroxylation sites is 1. The molecule has 3 rings (SSSR count). The summed E-state index contributed by atoms with van der Waals surface area (Å²) in [5.41, 5.74) is 5.05. The molecule has 1 aromatic heterocycles. The van der Waals surface area contributed by atoms with Crippen LogP contribution in [0.3, 0.4) is 0 Å². The lowest BCUT2D eigenvalue weighted by atomic mass is 10.0. The summed E-state index contributed by atoms with van der Waals surface area (Å²) in [5.74, 6) is 0.454. The van der Waals surface area contributed by atoms with Crippen LogP contribution < -0.4 is 0 Å². The van der Waals surface area contributed by atoms with Crippen LogP contribution in [0.4, 0.5) is 0 Å². The van der Waals surface area contributed by atoms with Crippen molar-refractivity contribution in [3.63, 3.8) is 0 Å². The van der Waals surface area contributed by atoms with Crippen LogP contribution in [0.15, 0.2) is 53.9 Å². The Labute approximate surface area is 145 Å². The average Bonchev–Trinajstić information content (AvgIpc) is 3.03. The number of nitrogens with zero attached hydrogens (tertiary/aromatic N) is 3. The van der Waals surface area contributed by atoms with Crippen LogP contribution in [0.25, 0.3) is 5.69 Å². The normalized spacial score (nSPS) is 10.8. The molecule has 0 spiro atoms. The van der Waals surface area contributed by atoms with Gasteiger partial charge in [-0.15, -0.1) is 10.2 Å². The van der Waals surface area contributed by atoms with E-state index in [2.05, 4.69) is 10.2 Å². The van der Waals surface area contributed by atoms with E-state index in [1.807, 2.05) is 67.8 Å². The zero-order valence-corrected chi connectivity index (χ0v) is 14.8. The van der Waals surface area contributed by atoms with Crippen LogP contribution in [0.2, 0.25) is 0 Å². The summed E-state index contributed by atoms with van der Waals surface area (Å²) in [6, 6.07) is 14.0. The molecule has 4 nitrogen and oxygen atoms in total. The Morgan fingerprint density at radius 2 is 1.88 bits per heavy atom. The molecule has 0 aliphatic carbocycles. The molecule has 0 aliphatic heterocycles. The number of carbonyl (C=O) groups is 1. The Kier molecular flexibility index (Phi) is 4.81. The molecule has 122 valence electrons. The van der Waals surface area contributed by atoms with Gasteiger partial charge in [-0.05, 0) is 44.0 Å². The summed E-state index contributed by atoms with van der Waals surface area (Å²) in [4.78, 5) is 12.5. The summed E-state index contributed by atoms with van der Waals surface area (Å²) < 4.78 is 1.93.